The van der Waals surface area contributed by atoms with Gasteiger partial charge in [0.05, 0.1) is 0 Å². The van der Waals surface area contributed by atoms with Gasteiger partial charge in [0.25, 0.3) is 0 Å². The summed E-state index contributed by atoms with van der Waals surface area (Å²) in [6.07, 6.45) is 5.59. The van der Waals surface area contributed by atoms with Crippen LogP contribution in [0.15, 0.2) is 35.0 Å². The Morgan fingerprint density at radius 2 is 2.13 bits per heavy atom. The van der Waals surface area contributed by atoms with Crippen molar-refractivity contribution in [2.75, 3.05) is 13.1 Å². The highest BCUT2D eigenvalue weighted by molar-refractivity contribution is 7.07. The van der Waals surface area contributed by atoms with E-state index in [9.17, 15) is 5.11 Å². The van der Waals surface area contributed by atoms with Crippen LogP contribution in [0.5, 0.6) is 5.75 Å². The molecule has 1 aromatic heterocycles. The molecule has 1 aliphatic carbocycles. The highest BCUT2D eigenvalue weighted by Gasteiger charge is 2.25. The molecule has 3 rings (SSSR count). The predicted molar refractivity (Wildman–Crippen MR) is 101 cm³/mol. The zero-order chi connectivity index (χ0) is 15.4. The molecule has 0 amide bonds. The molecule has 0 aliphatic heterocycles. The zero-order valence-electron chi connectivity index (χ0n) is 13.7. The van der Waals surface area contributed by atoms with Gasteiger partial charge in [-0.3, -0.25) is 4.90 Å². The first-order valence-electron chi connectivity index (χ1n) is 8.32. The summed E-state index contributed by atoms with van der Waals surface area (Å²) in [4.78, 5) is 2.66. The lowest BCUT2D eigenvalue weighted by Crippen LogP contribution is -2.41. The molecule has 1 aliphatic rings. The first kappa shape index (κ1) is 18.3. The molecular weight excluding hydrogens is 326 g/mol. The topological polar surface area (TPSA) is 23.5 Å². The fraction of sp³-hybridized carbons (Fsp3) is 0.474. The molecule has 0 bridgehead atoms. The number of phenols is 1. The maximum atomic E-state index is 10.0. The average Bonchev–Trinajstić information content (AvgIpc) is 3.05. The van der Waals surface area contributed by atoms with Gasteiger partial charge in [0.2, 0.25) is 0 Å². The van der Waals surface area contributed by atoms with Crippen LogP contribution < -0.4 is 0 Å². The molecule has 2 aromatic rings. The largest absolute Gasteiger partial charge is 0.508 e. The molecule has 4 heteroatoms. The molecular formula is C19H26ClNOS. The van der Waals surface area contributed by atoms with Gasteiger partial charge in [-0.1, -0.05) is 19.1 Å². The Hall–Kier alpha value is -1.03. The number of thiophene rings is 1. The van der Waals surface area contributed by atoms with E-state index >= 15 is 0 Å². The Labute approximate surface area is 149 Å². The van der Waals surface area contributed by atoms with Gasteiger partial charge >= 0.3 is 0 Å². The Morgan fingerprint density at radius 1 is 1.26 bits per heavy atom. The van der Waals surface area contributed by atoms with E-state index in [1.54, 1.807) is 11.3 Å². The van der Waals surface area contributed by atoms with E-state index in [0.717, 1.165) is 32.2 Å². The third-order valence-corrected chi connectivity index (χ3v) is 5.46. The number of fused-ring (bicyclic) bond motifs is 1. The van der Waals surface area contributed by atoms with E-state index in [4.69, 9.17) is 0 Å². The van der Waals surface area contributed by atoms with Crippen molar-refractivity contribution in [3.63, 3.8) is 0 Å². The van der Waals surface area contributed by atoms with Crippen molar-refractivity contribution in [3.8, 4) is 5.75 Å². The lowest BCUT2D eigenvalue weighted by atomic mass is 9.86. The third kappa shape index (κ3) is 4.50. The number of phenolic OH excluding ortho intramolecular Hbond substituents is 1. The maximum absolute atomic E-state index is 10.0. The van der Waals surface area contributed by atoms with E-state index in [2.05, 4.69) is 34.7 Å². The van der Waals surface area contributed by atoms with E-state index in [-0.39, 0.29) is 12.4 Å². The first-order valence-corrected chi connectivity index (χ1v) is 9.27. The highest BCUT2D eigenvalue weighted by Crippen LogP contribution is 2.30. The number of halogens is 1. The van der Waals surface area contributed by atoms with Crippen molar-refractivity contribution in [1.82, 2.24) is 4.90 Å². The van der Waals surface area contributed by atoms with E-state index in [0.29, 0.717) is 11.8 Å². The van der Waals surface area contributed by atoms with E-state index < -0.39 is 0 Å². The summed E-state index contributed by atoms with van der Waals surface area (Å²) in [5.41, 5.74) is 3.97. The first-order chi connectivity index (χ1) is 10.8. The summed E-state index contributed by atoms with van der Waals surface area (Å²) in [5, 5.41) is 14.4. The number of benzene rings is 1. The fourth-order valence-corrected chi connectivity index (χ4v) is 4.25. The highest BCUT2D eigenvalue weighted by atomic mass is 35.5. The molecule has 0 saturated carbocycles. The molecule has 0 spiro atoms. The predicted octanol–water partition coefficient (Wildman–Crippen LogP) is 4.69. The Bertz CT molecular complexity index is 599. The van der Waals surface area contributed by atoms with Gasteiger partial charge in [-0.25, -0.2) is 0 Å². The lowest BCUT2D eigenvalue weighted by Gasteiger charge is -2.35. The molecule has 1 atom stereocenters. The molecule has 1 N–H and O–H groups in total. The van der Waals surface area contributed by atoms with Gasteiger partial charge < -0.3 is 5.11 Å². The van der Waals surface area contributed by atoms with Crippen molar-refractivity contribution in [1.29, 1.82) is 0 Å². The molecule has 0 saturated heterocycles. The van der Waals surface area contributed by atoms with Crippen LogP contribution in [0, 0.1) is 0 Å². The molecule has 126 valence electrons. The quantitative estimate of drug-likeness (QED) is 0.816. The monoisotopic (exact) mass is 351 g/mol. The number of hydrogen-bond acceptors (Lipinski definition) is 3. The van der Waals surface area contributed by atoms with Crippen LogP contribution >= 0.6 is 23.7 Å². The second-order valence-corrected chi connectivity index (χ2v) is 7.01. The van der Waals surface area contributed by atoms with Crippen molar-refractivity contribution in [3.05, 3.63) is 51.7 Å². The van der Waals surface area contributed by atoms with Crippen LogP contribution in [-0.4, -0.2) is 29.1 Å². The summed E-state index contributed by atoms with van der Waals surface area (Å²) in [6, 6.07) is 8.84. The summed E-state index contributed by atoms with van der Waals surface area (Å²) in [5.74, 6) is 0.483. The normalized spacial score (nSPS) is 16.9. The van der Waals surface area contributed by atoms with Crippen molar-refractivity contribution in [2.45, 2.75) is 45.1 Å². The van der Waals surface area contributed by atoms with Crippen LogP contribution in [-0.2, 0) is 19.3 Å². The van der Waals surface area contributed by atoms with Crippen LogP contribution in [0.1, 0.15) is 36.5 Å². The van der Waals surface area contributed by atoms with Crippen LogP contribution in [0.4, 0.5) is 0 Å². The molecule has 0 radical (unpaired) electrons. The second kappa shape index (κ2) is 8.72. The fourth-order valence-electron chi connectivity index (χ4n) is 3.55. The number of rotatable bonds is 6. The maximum Gasteiger partial charge on any atom is 0.119 e. The minimum atomic E-state index is 0. The Kier molecular flexibility index (Phi) is 6.94. The van der Waals surface area contributed by atoms with Crippen molar-refractivity contribution >= 4 is 23.7 Å². The standard InChI is InChI=1S/C19H25NOS.ClH/c1-2-10-20(11-8-15-9-12-22-14-15)17-6-7-18-16(13-17)4-3-5-19(18)21;/h3-5,9,12,14,17,21H,2,6-8,10-11,13H2,1H3;1H. The molecule has 2 nitrogen and oxygen atoms in total. The van der Waals surface area contributed by atoms with Gasteiger partial charge in [-0.05, 0) is 78.2 Å². The summed E-state index contributed by atoms with van der Waals surface area (Å²) >= 11 is 1.79. The summed E-state index contributed by atoms with van der Waals surface area (Å²) in [7, 11) is 0. The van der Waals surface area contributed by atoms with Crippen LogP contribution in [0.3, 0.4) is 0 Å². The average molecular weight is 352 g/mol. The number of nitrogens with zero attached hydrogens (tertiary/aromatic N) is 1. The van der Waals surface area contributed by atoms with Gasteiger partial charge in [0.1, 0.15) is 5.75 Å². The SMILES string of the molecule is CCCN(CCc1ccsc1)C1CCc2c(O)cccc2C1.Cl. The molecule has 1 unspecified atom stereocenters. The Balaban J connectivity index is 0.00000192. The van der Waals surface area contributed by atoms with Gasteiger partial charge in [-0.2, -0.15) is 11.3 Å². The van der Waals surface area contributed by atoms with E-state index in [1.807, 2.05) is 12.1 Å². The van der Waals surface area contributed by atoms with E-state index in [1.165, 1.54) is 29.7 Å². The minimum Gasteiger partial charge on any atom is -0.508 e. The molecule has 1 aromatic carbocycles. The second-order valence-electron chi connectivity index (χ2n) is 6.23. The zero-order valence-corrected chi connectivity index (χ0v) is 15.3. The van der Waals surface area contributed by atoms with Crippen molar-refractivity contribution < 1.29 is 5.11 Å². The molecule has 23 heavy (non-hydrogen) atoms. The molecule has 0 fully saturated rings. The minimum absolute atomic E-state index is 0. The lowest BCUT2D eigenvalue weighted by molar-refractivity contribution is 0.181. The van der Waals surface area contributed by atoms with Crippen molar-refractivity contribution in [2.24, 2.45) is 0 Å². The Morgan fingerprint density at radius 3 is 2.87 bits per heavy atom. The van der Waals surface area contributed by atoms with Crippen LogP contribution in [0.2, 0.25) is 0 Å². The number of aromatic hydroxyl groups is 1. The summed E-state index contributed by atoms with van der Waals surface area (Å²) in [6.45, 7) is 4.58. The van der Waals surface area contributed by atoms with Gasteiger partial charge in [-0.15, -0.1) is 12.4 Å². The third-order valence-electron chi connectivity index (χ3n) is 4.73. The van der Waals surface area contributed by atoms with Crippen LogP contribution in [0.25, 0.3) is 0 Å². The number of hydrogen-bond donors (Lipinski definition) is 1. The summed E-state index contributed by atoms with van der Waals surface area (Å²) < 4.78 is 0. The molecule has 1 heterocycles. The smallest absolute Gasteiger partial charge is 0.119 e. The van der Waals surface area contributed by atoms with Gasteiger partial charge in [0.15, 0.2) is 0 Å². The van der Waals surface area contributed by atoms with Gasteiger partial charge in [0, 0.05) is 12.6 Å².